The van der Waals surface area contributed by atoms with Crippen LogP contribution in [0.15, 0.2) is 11.6 Å². The fraction of sp³-hybridized carbons (Fsp3) is 0.800. The Labute approximate surface area is 140 Å². The van der Waals surface area contributed by atoms with E-state index in [1.54, 1.807) is 0 Å². The van der Waals surface area contributed by atoms with E-state index in [9.17, 15) is 14.7 Å². The quantitative estimate of drug-likeness (QED) is 0.781. The minimum Gasteiger partial charge on any atom is -0.393 e. The zero-order chi connectivity index (χ0) is 17.4. The summed E-state index contributed by atoms with van der Waals surface area (Å²) in [5.41, 5.74) is 0.705. The summed E-state index contributed by atoms with van der Waals surface area (Å²) < 4.78 is 0. The Morgan fingerprint density at radius 2 is 2.04 bits per heavy atom. The van der Waals surface area contributed by atoms with E-state index in [0.717, 1.165) is 37.5 Å². The molecule has 1 saturated carbocycles. The minimum absolute atomic E-state index is 0.00895. The summed E-state index contributed by atoms with van der Waals surface area (Å²) in [4.78, 5) is 23.7. The molecule has 0 aromatic carbocycles. The topological polar surface area (TPSA) is 54.4 Å². The van der Waals surface area contributed by atoms with Crippen LogP contribution in [0.25, 0.3) is 0 Å². The van der Waals surface area contributed by atoms with Crippen LogP contribution in [0.3, 0.4) is 0 Å². The minimum atomic E-state index is -0.287. The Morgan fingerprint density at radius 3 is 2.61 bits per heavy atom. The van der Waals surface area contributed by atoms with Crippen molar-refractivity contribution in [2.45, 2.75) is 72.8 Å². The fourth-order valence-corrected chi connectivity index (χ4v) is 5.04. The highest BCUT2D eigenvalue weighted by Crippen LogP contribution is 2.60. The number of carbonyl (C=O) groups is 2. The van der Waals surface area contributed by atoms with Gasteiger partial charge in [-0.25, -0.2) is 0 Å². The zero-order valence-electron chi connectivity index (χ0n) is 15.3. The highest BCUT2D eigenvalue weighted by molar-refractivity contribution is 5.80. The van der Waals surface area contributed by atoms with E-state index in [2.05, 4.69) is 26.8 Å². The van der Waals surface area contributed by atoms with Gasteiger partial charge in [-0.3, -0.25) is 9.59 Å². The van der Waals surface area contributed by atoms with Gasteiger partial charge in [0, 0.05) is 12.3 Å². The smallest absolute Gasteiger partial charge is 0.146 e. The van der Waals surface area contributed by atoms with Gasteiger partial charge in [0.2, 0.25) is 0 Å². The van der Waals surface area contributed by atoms with Crippen LogP contribution < -0.4 is 0 Å². The van der Waals surface area contributed by atoms with E-state index < -0.39 is 0 Å². The first-order valence-electron chi connectivity index (χ1n) is 9.00. The first-order valence-corrected chi connectivity index (χ1v) is 9.00. The summed E-state index contributed by atoms with van der Waals surface area (Å²) in [6, 6.07) is 0. The zero-order valence-corrected chi connectivity index (χ0v) is 15.3. The third kappa shape index (κ3) is 3.17. The van der Waals surface area contributed by atoms with Crippen molar-refractivity contribution in [3.05, 3.63) is 11.6 Å². The van der Waals surface area contributed by atoms with Crippen molar-refractivity contribution in [2.75, 3.05) is 0 Å². The van der Waals surface area contributed by atoms with Crippen molar-refractivity contribution >= 4 is 12.1 Å². The maximum Gasteiger partial charge on any atom is 0.146 e. The molecule has 1 fully saturated rings. The number of fused-ring (bicyclic) bond motifs is 1. The summed E-state index contributed by atoms with van der Waals surface area (Å²) in [7, 11) is 0. The van der Waals surface area contributed by atoms with Crippen LogP contribution in [-0.4, -0.2) is 23.3 Å². The second kappa shape index (κ2) is 6.51. The van der Waals surface area contributed by atoms with E-state index in [4.69, 9.17) is 0 Å². The lowest BCUT2D eigenvalue weighted by Gasteiger charge is -2.58. The molecular formula is C20H32O3. The standard InChI is InChI=1S/C20H32O3/c1-13(2)16(22)8-7-15-14(12-21)6-9-17-19(3,4)18(23)10-11-20(15,17)5/h6,12-13,15,17-18,23H,7-11H2,1-5H3/t15-,17-,18-,20+/m1/s1. The number of rotatable bonds is 5. The number of aliphatic hydroxyl groups is 1. The van der Waals surface area contributed by atoms with Crippen LogP contribution in [0.2, 0.25) is 0 Å². The molecule has 0 amide bonds. The number of aldehydes is 1. The van der Waals surface area contributed by atoms with Crippen molar-refractivity contribution in [3.8, 4) is 0 Å². The van der Waals surface area contributed by atoms with Crippen molar-refractivity contribution in [1.82, 2.24) is 0 Å². The molecule has 0 radical (unpaired) electrons. The van der Waals surface area contributed by atoms with Crippen LogP contribution in [0, 0.1) is 28.6 Å². The second-order valence-electron chi connectivity index (χ2n) is 8.70. The Balaban J connectivity index is 2.30. The van der Waals surface area contributed by atoms with Crippen LogP contribution in [0.1, 0.15) is 66.7 Å². The second-order valence-corrected chi connectivity index (χ2v) is 8.70. The van der Waals surface area contributed by atoms with Gasteiger partial charge in [0.25, 0.3) is 0 Å². The van der Waals surface area contributed by atoms with Gasteiger partial charge in [0.15, 0.2) is 0 Å². The Kier molecular flexibility index (Phi) is 5.20. The van der Waals surface area contributed by atoms with E-state index in [0.29, 0.717) is 12.3 Å². The van der Waals surface area contributed by atoms with Gasteiger partial charge >= 0.3 is 0 Å². The fourth-order valence-electron chi connectivity index (χ4n) is 5.04. The normalized spacial score (nSPS) is 36.3. The largest absolute Gasteiger partial charge is 0.393 e. The number of hydrogen-bond donors (Lipinski definition) is 1. The molecule has 3 heteroatoms. The molecule has 0 unspecified atom stereocenters. The van der Waals surface area contributed by atoms with Crippen LogP contribution in [-0.2, 0) is 9.59 Å². The van der Waals surface area contributed by atoms with E-state index in [-0.39, 0.29) is 34.6 Å². The molecule has 1 N–H and O–H groups in total. The summed E-state index contributed by atoms with van der Waals surface area (Å²) in [5.74, 6) is 0.807. The Morgan fingerprint density at radius 1 is 1.39 bits per heavy atom. The van der Waals surface area contributed by atoms with Gasteiger partial charge < -0.3 is 5.11 Å². The lowest BCUT2D eigenvalue weighted by molar-refractivity contribution is -0.127. The van der Waals surface area contributed by atoms with Crippen molar-refractivity contribution < 1.29 is 14.7 Å². The number of carbonyl (C=O) groups excluding carboxylic acids is 2. The number of ketones is 1. The molecule has 0 aromatic rings. The number of hydrogen-bond acceptors (Lipinski definition) is 3. The molecule has 0 aliphatic heterocycles. The lowest BCUT2D eigenvalue weighted by Crippen LogP contribution is -2.54. The maximum absolute atomic E-state index is 12.1. The number of allylic oxidation sites excluding steroid dienone is 2. The molecule has 4 atom stereocenters. The Hall–Kier alpha value is -0.960. The summed E-state index contributed by atoms with van der Waals surface area (Å²) >= 11 is 0. The van der Waals surface area contributed by atoms with Crippen LogP contribution in [0.4, 0.5) is 0 Å². The van der Waals surface area contributed by atoms with Gasteiger partial charge in [-0.05, 0) is 53.9 Å². The van der Waals surface area contributed by atoms with Gasteiger partial charge in [-0.1, -0.05) is 40.7 Å². The molecule has 0 saturated heterocycles. The van der Waals surface area contributed by atoms with Gasteiger partial charge in [-0.15, -0.1) is 0 Å². The predicted octanol–water partition coefficient (Wildman–Crippen LogP) is 3.94. The third-order valence-electron chi connectivity index (χ3n) is 6.76. The van der Waals surface area contributed by atoms with Crippen molar-refractivity contribution in [3.63, 3.8) is 0 Å². The maximum atomic E-state index is 12.1. The lowest BCUT2D eigenvalue weighted by atomic mass is 9.47. The molecule has 0 heterocycles. The van der Waals surface area contributed by atoms with E-state index >= 15 is 0 Å². The molecule has 2 aliphatic carbocycles. The van der Waals surface area contributed by atoms with Gasteiger partial charge in [0.05, 0.1) is 6.10 Å². The summed E-state index contributed by atoms with van der Waals surface area (Å²) in [5, 5.41) is 10.4. The molecule has 130 valence electrons. The number of Topliss-reactive ketones (excluding diaryl/α,β-unsaturated/α-hetero) is 1. The monoisotopic (exact) mass is 320 g/mol. The first-order chi connectivity index (χ1) is 10.6. The summed E-state index contributed by atoms with van der Waals surface area (Å²) in [6.07, 6.45) is 6.61. The van der Waals surface area contributed by atoms with Crippen LogP contribution >= 0.6 is 0 Å². The van der Waals surface area contributed by atoms with Gasteiger partial charge in [0.1, 0.15) is 12.1 Å². The molecule has 23 heavy (non-hydrogen) atoms. The molecule has 0 bridgehead atoms. The Bertz CT molecular complexity index is 503. The molecule has 2 rings (SSSR count). The highest BCUT2D eigenvalue weighted by Gasteiger charge is 2.55. The molecule has 0 spiro atoms. The average Bonchev–Trinajstić information content (AvgIpc) is 2.48. The highest BCUT2D eigenvalue weighted by atomic mass is 16.3. The number of aliphatic hydroxyl groups excluding tert-OH is 1. The van der Waals surface area contributed by atoms with E-state index in [1.807, 2.05) is 13.8 Å². The average molecular weight is 320 g/mol. The SMILES string of the molecule is CC(C)C(=O)CC[C@@H]1C(C=O)=CC[C@@H]2C(C)(C)[C@H](O)CC[C@@]12C. The van der Waals surface area contributed by atoms with Crippen molar-refractivity contribution in [1.29, 1.82) is 0 Å². The molecule has 3 nitrogen and oxygen atoms in total. The molecular weight excluding hydrogens is 288 g/mol. The van der Waals surface area contributed by atoms with Gasteiger partial charge in [-0.2, -0.15) is 0 Å². The van der Waals surface area contributed by atoms with Crippen molar-refractivity contribution in [2.24, 2.45) is 28.6 Å². The third-order valence-corrected chi connectivity index (χ3v) is 6.76. The first kappa shape index (κ1) is 18.4. The predicted molar refractivity (Wildman–Crippen MR) is 92.0 cm³/mol. The van der Waals surface area contributed by atoms with Crippen LogP contribution in [0.5, 0.6) is 0 Å². The summed E-state index contributed by atoms with van der Waals surface area (Å²) in [6.45, 7) is 10.4. The van der Waals surface area contributed by atoms with E-state index in [1.165, 1.54) is 0 Å². The molecule has 0 aromatic heterocycles. The molecule has 2 aliphatic rings.